The molecule has 1 aliphatic carbocycles. The van der Waals surface area contributed by atoms with E-state index in [0.29, 0.717) is 12.0 Å². The maximum Gasteiger partial charge on any atom is 0.0844 e. The van der Waals surface area contributed by atoms with Crippen LogP contribution in [0.1, 0.15) is 19.3 Å². The molecule has 3 rings (SSSR count). The standard InChI is InChI=1S/C16H22N2OS/c20-16(17-13-5-2-1-3-6-13)14-7-4-8-15(14)18-9-11-19-12-10-18/h1-3,5-6,14-15H,4,7-12H2,(H,17,20)/t14-,15+/m0/s1. The summed E-state index contributed by atoms with van der Waals surface area (Å²) in [7, 11) is 0. The Labute approximate surface area is 126 Å². The number of hydrogen-bond acceptors (Lipinski definition) is 3. The normalized spacial score (nSPS) is 27.4. The van der Waals surface area contributed by atoms with Gasteiger partial charge in [-0.1, -0.05) is 36.8 Å². The van der Waals surface area contributed by atoms with E-state index in [-0.39, 0.29) is 0 Å². The molecule has 1 N–H and O–H groups in total. The number of hydrogen-bond donors (Lipinski definition) is 1. The highest BCUT2D eigenvalue weighted by molar-refractivity contribution is 7.80. The lowest BCUT2D eigenvalue weighted by molar-refractivity contribution is 0.0137. The predicted molar refractivity (Wildman–Crippen MR) is 86.2 cm³/mol. The molecule has 3 nitrogen and oxygen atoms in total. The molecule has 2 atom stereocenters. The van der Waals surface area contributed by atoms with Crippen LogP contribution in [0.2, 0.25) is 0 Å². The summed E-state index contributed by atoms with van der Waals surface area (Å²) >= 11 is 5.67. The first kappa shape index (κ1) is 14.0. The highest BCUT2D eigenvalue weighted by Crippen LogP contribution is 2.32. The molecule has 1 heterocycles. The molecule has 1 aromatic rings. The maximum atomic E-state index is 5.67. The number of ether oxygens (including phenoxy) is 1. The fourth-order valence-corrected chi connectivity index (χ4v) is 3.74. The van der Waals surface area contributed by atoms with E-state index < -0.39 is 0 Å². The maximum absolute atomic E-state index is 5.67. The first-order chi connectivity index (χ1) is 9.84. The lowest BCUT2D eigenvalue weighted by Crippen LogP contribution is -2.47. The summed E-state index contributed by atoms with van der Waals surface area (Å²) in [4.78, 5) is 3.57. The summed E-state index contributed by atoms with van der Waals surface area (Å²) < 4.78 is 5.46. The minimum atomic E-state index is 0.489. The zero-order chi connectivity index (χ0) is 13.8. The number of morpholine rings is 1. The van der Waals surface area contributed by atoms with Crippen molar-refractivity contribution in [1.82, 2.24) is 4.90 Å². The second-order valence-electron chi connectivity index (χ2n) is 5.61. The predicted octanol–water partition coefficient (Wildman–Crippen LogP) is 2.93. The van der Waals surface area contributed by atoms with Crippen LogP contribution in [-0.2, 0) is 4.74 Å². The number of nitrogens with one attached hydrogen (secondary N) is 1. The Morgan fingerprint density at radius 1 is 1.15 bits per heavy atom. The molecule has 0 bridgehead atoms. The van der Waals surface area contributed by atoms with Crippen molar-refractivity contribution in [3.63, 3.8) is 0 Å². The van der Waals surface area contributed by atoms with Gasteiger partial charge < -0.3 is 10.1 Å². The summed E-state index contributed by atoms with van der Waals surface area (Å²) in [5, 5.41) is 3.43. The third-order valence-electron chi connectivity index (χ3n) is 4.37. The lowest BCUT2D eigenvalue weighted by atomic mass is 10.0. The number of thiocarbonyl (C=S) groups is 1. The molecular weight excluding hydrogens is 268 g/mol. The summed E-state index contributed by atoms with van der Waals surface area (Å²) in [5.41, 5.74) is 1.10. The zero-order valence-corrected chi connectivity index (χ0v) is 12.6. The minimum absolute atomic E-state index is 0.489. The van der Waals surface area contributed by atoms with Crippen LogP contribution in [0.4, 0.5) is 5.69 Å². The van der Waals surface area contributed by atoms with Crippen molar-refractivity contribution in [1.29, 1.82) is 0 Å². The van der Waals surface area contributed by atoms with Crippen LogP contribution >= 0.6 is 12.2 Å². The Balaban J connectivity index is 1.64. The number of rotatable bonds is 3. The van der Waals surface area contributed by atoms with Gasteiger partial charge in [0.25, 0.3) is 0 Å². The van der Waals surface area contributed by atoms with Crippen LogP contribution in [0.15, 0.2) is 30.3 Å². The second-order valence-corrected chi connectivity index (χ2v) is 6.05. The van der Waals surface area contributed by atoms with Gasteiger partial charge in [0.15, 0.2) is 0 Å². The Hall–Kier alpha value is -0.970. The van der Waals surface area contributed by atoms with Gasteiger partial charge in [0.2, 0.25) is 0 Å². The van der Waals surface area contributed by atoms with E-state index in [4.69, 9.17) is 17.0 Å². The molecule has 4 heteroatoms. The Morgan fingerprint density at radius 2 is 1.90 bits per heavy atom. The van der Waals surface area contributed by atoms with Crippen LogP contribution in [0.25, 0.3) is 0 Å². The second kappa shape index (κ2) is 6.66. The summed E-state index contributed by atoms with van der Waals surface area (Å²) in [6.07, 6.45) is 3.76. The molecule has 1 saturated carbocycles. The van der Waals surface area contributed by atoms with Crippen molar-refractivity contribution in [2.45, 2.75) is 25.3 Å². The van der Waals surface area contributed by atoms with Gasteiger partial charge >= 0.3 is 0 Å². The average molecular weight is 290 g/mol. The van der Waals surface area contributed by atoms with Crippen LogP contribution in [0.5, 0.6) is 0 Å². The number of benzene rings is 1. The Kier molecular flexibility index (Phi) is 4.65. The highest BCUT2D eigenvalue weighted by atomic mass is 32.1. The van der Waals surface area contributed by atoms with E-state index in [2.05, 4.69) is 22.3 Å². The molecule has 1 aliphatic heterocycles. The molecule has 0 radical (unpaired) electrons. The molecule has 108 valence electrons. The molecule has 1 saturated heterocycles. The molecule has 0 unspecified atom stereocenters. The van der Waals surface area contributed by atoms with E-state index in [1.807, 2.05) is 18.2 Å². The van der Waals surface area contributed by atoms with Gasteiger partial charge in [0, 0.05) is 30.7 Å². The fraction of sp³-hybridized carbons (Fsp3) is 0.562. The van der Waals surface area contributed by atoms with Crippen molar-refractivity contribution in [3.8, 4) is 0 Å². The van der Waals surface area contributed by atoms with Crippen molar-refractivity contribution in [2.24, 2.45) is 5.92 Å². The number of nitrogens with zero attached hydrogens (tertiary/aromatic N) is 1. The molecule has 0 spiro atoms. The van der Waals surface area contributed by atoms with Crippen LogP contribution in [0, 0.1) is 5.92 Å². The zero-order valence-electron chi connectivity index (χ0n) is 11.8. The van der Waals surface area contributed by atoms with E-state index in [1.165, 1.54) is 19.3 Å². The van der Waals surface area contributed by atoms with Crippen molar-refractivity contribution in [2.75, 3.05) is 31.6 Å². The molecule has 20 heavy (non-hydrogen) atoms. The van der Waals surface area contributed by atoms with Crippen LogP contribution in [-0.4, -0.2) is 42.2 Å². The molecule has 0 amide bonds. The van der Waals surface area contributed by atoms with Crippen molar-refractivity contribution < 1.29 is 4.74 Å². The molecule has 2 aliphatic rings. The Bertz CT molecular complexity index is 445. The third-order valence-corrected chi connectivity index (χ3v) is 4.78. The van der Waals surface area contributed by atoms with Crippen molar-refractivity contribution in [3.05, 3.63) is 30.3 Å². The van der Waals surface area contributed by atoms with Gasteiger partial charge in [-0.05, 0) is 25.0 Å². The van der Waals surface area contributed by atoms with Gasteiger partial charge in [0.05, 0.1) is 18.2 Å². The SMILES string of the molecule is S=C(Nc1ccccc1)[C@H]1CCC[C@H]1N1CCOCC1. The first-order valence-electron chi connectivity index (χ1n) is 7.52. The van der Waals surface area contributed by atoms with E-state index in [0.717, 1.165) is 37.0 Å². The smallest absolute Gasteiger partial charge is 0.0844 e. The largest absolute Gasteiger partial charge is 0.379 e. The fourth-order valence-electron chi connectivity index (χ4n) is 3.35. The van der Waals surface area contributed by atoms with E-state index in [9.17, 15) is 0 Å². The van der Waals surface area contributed by atoms with Gasteiger partial charge in [-0.3, -0.25) is 4.90 Å². The monoisotopic (exact) mass is 290 g/mol. The first-order valence-corrected chi connectivity index (χ1v) is 7.93. The van der Waals surface area contributed by atoms with E-state index >= 15 is 0 Å². The lowest BCUT2D eigenvalue weighted by Gasteiger charge is -2.35. The molecule has 2 fully saturated rings. The summed E-state index contributed by atoms with van der Waals surface area (Å²) in [6.45, 7) is 3.83. The van der Waals surface area contributed by atoms with Gasteiger partial charge in [0.1, 0.15) is 0 Å². The molecule has 0 aromatic heterocycles. The topological polar surface area (TPSA) is 24.5 Å². The van der Waals surface area contributed by atoms with E-state index in [1.54, 1.807) is 0 Å². The van der Waals surface area contributed by atoms with Gasteiger partial charge in [-0.25, -0.2) is 0 Å². The summed E-state index contributed by atoms with van der Waals surface area (Å²) in [6, 6.07) is 10.9. The summed E-state index contributed by atoms with van der Waals surface area (Å²) in [5.74, 6) is 0.489. The molecule has 1 aromatic carbocycles. The van der Waals surface area contributed by atoms with Crippen molar-refractivity contribution >= 4 is 22.9 Å². The third kappa shape index (κ3) is 3.19. The Morgan fingerprint density at radius 3 is 2.65 bits per heavy atom. The average Bonchev–Trinajstić information content (AvgIpc) is 2.99. The highest BCUT2D eigenvalue weighted by Gasteiger charge is 2.35. The minimum Gasteiger partial charge on any atom is -0.379 e. The number of anilines is 1. The van der Waals surface area contributed by atoms with Gasteiger partial charge in [-0.2, -0.15) is 0 Å². The number of para-hydroxylation sites is 1. The molecular formula is C16H22N2OS. The van der Waals surface area contributed by atoms with Gasteiger partial charge in [-0.15, -0.1) is 0 Å². The quantitative estimate of drug-likeness (QED) is 0.865. The van der Waals surface area contributed by atoms with Crippen LogP contribution < -0.4 is 5.32 Å². The van der Waals surface area contributed by atoms with Crippen LogP contribution in [0.3, 0.4) is 0 Å².